The molecule has 0 aliphatic heterocycles. The van der Waals surface area contributed by atoms with E-state index in [9.17, 15) is 0 Å². The van der Waals surface area contributed by atoms with Gasteiger partial charge in [0, 0.05) is 17.8 Å². The smallest absolute Gasteiger partial charge is 0.145 e. The summed E-state index contributed by atoms with van der Waals surface area (Å²) in [7, 11) is 1.65. The maximum atomic E-state index is 5.41. The fourth-order valence-electron chi connectivity index (χ4n) is 1.87. The van der Waals surface area contributed by atoms with E-state index in [4.69, 9.17) is 4.74 Å². The van der Waals surface area contributed by atoms with Crippen LogP contribution in [0.2, 0.25) is 0 Å². The number of aromatic nitrogens is 4. The molecule has 0 spiro atoms. The monoisotopic (exact) mass is 352 g/mol. The minimum Gasteiger partial charge on any atom is -0.494 e. The highest BCUT2D eigenvalue weighted by atomic mass is 127. The first-order valence-corrected chi connectivity index (χ1v) is 6.34. The fraction of sp³-hybridized carbons (Fsp3) is 0.0833. The van der Waals surface area contributed by atoms with Crippen LogP contribution in [0.3, 0.4) is 0 Å². The second-order valence-corrected chi connectivity index (χ2v) is 4.67. The standard InChI is InChI=1S/C12H9IN4O/c1-18-9-3-2-8-10(15-6-16-12(8)13)11(9)17-5-4-14-7-17/h2-7H,1H3. The summed E-state index contributed by atoms with van der Waals surface area (Å²) >= 11 is 2.20. The number of methoxy groups -OCH3 is 1. The first kappa shape index (κ1) is 11.4. The van der Waals surface area contributed by atoms with Crippen LogP contribution >= 0.6 is 22.6 Å². The molecule has 0 radical (unpaired) electrons. The number of imidazole rings is 1. The van der Waals surface area contributed by atoms with Crippen molar-refractivity contribution in [1.29, 1.82) is 0 Å². The zero-order valence-corrected chi connectivity index (χ0v) is 11.7. The third-order valence-corrected chi connectivity index (χ3v) is 3.54. The molecule has 0 atom stereocenters. The Kier molecular flexibility index (Phi) is 2.86. The lowest BCUT2D eigenvalue weighted by Gasteiger charge is -2.12. The van der Waals surface area contributed by atoms with E-state index in [1.807, 2.05) is 22.9 Å². The van der Waals surface area contributed by atoms with Crippen molar-refractivity contribution in [2.45, 2.75) is 0 Å². The lowest BCUT2D eigenvalue weighted by Crippen LogP contribution is -1.99. The predicted octanol–water partition coefficient (Wildman–Crippen LogP) is 2.43. The van der Waals surface area contributed by atoms with Crippen LogP contribution < -0.4 is 4.74 Å². The van der Waals surface area contributed by atoms with Gasteiger partial charge in [0.2, 0.25) is 0 Å². The number of ether oxygens (including phenoxy) is 1. The summed E-state index contributed by atoms with van der Waals surface area (Å²) in [6, 6.07) is 3.89. The molecule has 0 saturated heterocycles. The molecule has 3 rings (SSSR count). The van der Waals surface area contributed by atoms with Gasteiger partial charge in [0.05, 0.1) is 13.4 Å². The van der Waals surface area contributed by atoms with Crippen molar-refractivity contribution in [3.63, 3.8) is 0 Å². The molecule has 0 bridgehead atoms. The summed E-state index contributed by atoms with van der Waals surface area (Å²) in [4.78, 5) is 12.6. The van der Waals surface area contributed by atoms with Crippen LogP contribution in [0.1, 0.15) is 0 Å². The maximum Gasteiger partial charge on any atom is 0.145 e. The van der Waals surface area contributed by atoms with Crippen molar-refractivity contribution in [2.75, 3.05) is 7.11 Å². The van der Waals surface area contributed by atoms with E-state index in [0.717, 1.165) is 26.0 Å². The molecule has 18 heavy (non-hydrogen) atoms. The largest absolute Gasteiger partial charge is 0.494 e. The summed E-state index contributed by atoms with van der Waals surface area (Å²) in [5, 5.41) is 1.00. The summed E-state index contributed by atoms with van der Waals surface area (Å²) < 4.78 is 8.22. The van der Waals surface area contributed by atoms with Crippen LogP contribution in [0, 0.1) is 3.70 Å². The van der Waals surface area contributed by atoms with Gasteiger partial charge in [-0.1, -0.05) is 0 Å². The minimum atomic E-state index is 0.759. The quantitative estimate of drug-likeness (QED) is 0.525. The van der Waals surface area contributed by atoms with Gasteiger partial charge in [0.15, 0.2) is 0 Å². The van der Waals surface area contributed by atoms with Gasteiger partial charge in [-0.25, -0.2) is 15.0 Å². The molecule has 0 unspecified atom stereocenters. The first-order chi connectivity index (χ1) is 8.81. The molecule has 3 aromatic rings. The highest BCUT2D eigenvalue weighted by Gasteiger charge is 2.13. The normalized spacial score (nSPS) is 10.8. The van der Waals surface area contributed by atoms with Crippen LogP contribution in [0.25, 0.3) is 16.6 Å². The maximum absolute atomic E-state index is 5.41. The van der Waals surface area contributed by atoms with E-state index in [2.05, 4.69) is 37.5 Å². The van der Waals surface area contributed by atoms with Crippen LogP contribution in [-0.2, 0) is 0 Å². The summed E-state index contributed by atoms with van der Waals surface area (Å²) in [5.74, 6) is 0.759. The van der Waals surface area contributed by atoms with Crippen LogP contribution in [0.4, 0.5) is 0 Å². The van der Waals surface area contributed by atoms with Gasteiger partial charge in [0.25, 0.3) is 0 Å². The molecular formula is C12H9IN4O. The molecule has 0 amide bonds. The third-order valence-electron chi connectivity index (χ3n) is 2.68. The average molecular weight is 352 g/mol. The van der Waals surface area contributed by atoms with Gasteiger partial charge in [-0.3, -0.25) is 0 Å². The van der Waals surface area contributed by atoms with E-state index < -0.39 is 0 Å². The predicted molar refractivity (Wildman–Crippen MR) is 75.9 cm³/mol. The van der Waals surface area contributed by atoms with Gasteiger partial charge < -0.3 is 9.30 Å². The van der Waals surface area contributed by atoms with Crippen molar-refractivity contribution in [1.82, 2.24) is 19.5 Å². The molecule has 1 aromatic carbocycles. The summed E-state index contributed by atoms with van der Waals surface area (Å²) in [6.45, 7) is 0. The van der Waals surface area contributed by atoms with E-state index in [1.165, 1.54) is 0 Å². The molecule has 0 fully saturated rings. The topological polar surface area (TPSA) is 52.8 Å². The molecule has 0 N–H and O–H groups in total. The number of rotatable bonds is 2. The highest BCUT2D eigenvalue weighted by molar-refractivity contribution is 14.1. The van der Waals surface area contributed by atoms with Gasteiger partial charge in [-0.2, -0.15) is 0 Å². The molecule has 0 aliphatic carbocycles. The first-order valence-electron chi connectivity index (χ1n) is 5.27. The zero-order valence-electron chi connectivity index (χ0n) is 9.54. The van der Waals surface area contributed by atoms with Gasteiger partial charge in [-0.05, 0) is 34.7 Å². The molecule has 0 saturated carbocycles. The van der Waals surface area contributed by atoms with E-state index in [0.29, 0.717) is 0 Å². The number of nitrogens with zero attached hydrogens (tertiary/aromatic N) is 4. The lowest BCUT2D eigenvalue weighted by atomic mass is 10.2. The van der Waals surface area contributed by atoms with Crippen molar-refractivity contribution >= 4 is 33.5 Å². The Morgan fingerprint density at radius 2 is 2.17 bits per heavy atom. The Morgan fingerprint density at radius 1 is 1.28 bits per heavy atom. The minimum absolute atomic E-state index is 0.759. The molecule has 2 aromatic heterocycles. The fourth-order valence-corrected chi connectivity index (χ4v) is 2.43. The Labute approximate surface area is 117 Å². The lowest BCUT2D eigenvalue weighted by molar-refractivity contribution is 0.413. The van der Waals surface area contributed by atoms with E-state index in [1.54, 1.807) is 26.0 Å². The van der Waals surface area contributed by atoms with Crippen LogP contribution in [-0.4, -0.2) is 26.6 Å². The molecule has 2 heterocycles. The Hall–Kier alpha value is -1.70. The molecule has 6 heteroatoms. The average Bonchev–Trinajstić information content (AvgIpc) is 2.91. The van der Waals surface area contributed by atoms with Crippen molar-refractivity contribution in [2.24, 2.45) is 0 Å². The number of hydrogen-bond donors (Lipinski definition) is 0. The third kappa shape index (κ3) is 1.72. The van der Waals surface area contributed by atoms with Crippen molar-refractivity contribution in [3.05, 3.63) is 40.9 Å². The molecule has 5 nitrogen and oxygen atoms in total. The molecule has 0 aliphatic rings. The Bertz CT molecular complexity index is 697. The van der Waals surface area contributed by atoms with Gasteiger partial charge >= 0.3 is 0 Å². The van der Waals surface area contributed by atoms with Crippen LogP contribution in [0.15, 0.2) is 37.2 Å². The van der Waals surface area contributed by atoms with E-state index in [-0.39, 0.29) is 0 Å². The van der Waals surface area contributed by atoms with Crippen molar-refractivity contribution in [3.8, 4) is 11.4 Å². The number of benzene rings is 1. The zero-order chi connectivity index (χ0) is 12.5. The molecular weight excluding hydrogens is 343 g/mol. The van der Waals surface area contributed by atoms with Crippen LogP contribution in [0.5, 0.6) is 5.75 Å². The van der Waals surface area contributed by atoms with E-state index >= 15 is 0 Å². The summed E-state index contributed by atoms with van der Waals surface area (Å²) in [6.07, 6.45) is 6.88. The SMILES string of the molecule is COc1ccc2c(I)ncnc2c1-n1ccnc1. The Balaban J connectivity index is 2.42. The number of hydrogen-bond acceptors (Lipinski definition) is 4. The van der Waals surface area contributed by atoms with Crippen molar-refractivity contribution < 1.29 is 4.74 Å². The number of halogens is 1. The van der Waals surface area contributed by atoms with Gasteiger partial charge in [0.1, 0.15) is 27.0 Å². The number of fused-ring (bicyclic) bond motifs is 1. The second kappa shape index (κ2) is 4.52. The second-order valence-electron chi connectivity index (χ2n) is 3.65. The highest BCUT2D eigenvalue weighted by Crippen LogP contribution is 2.31. The summed E-state index contributed by atoms with van der Waals surface area (Å²) in [5.41, 5.74) is 1.74. The Morgan fingerprint density at radius 3 is 2.89 bits per heavy atom. The molecule has 90 valence electrons. The van der Waals surface area contributed by atoms with Gasteiger partial charge in [-0.15, -0.1) is 0 Å².